The number of sulfonamides is 1. The van der Waals surface area contributed by atoms with Crippen LogP contribution in [0.2, 0.25) is 0 Å². The predicted molar refractivity (Wildman–Crippen MR) is 82.9 cm³/mol. The summed E-state index contributed by atoms with van der Waals surface area (Å²) in [5.74, 6) is 0. The molecule has 1 atom stereocenters. The van der Waals surface area contributed by atoms with Gasteiger partial charge in [0.05, 0.1) is 4.90 Å². The summed E-state index contributed by atoms with van der Waals surface area (Å²) >= 11 is 0. The zero-order valence-corrected chi connectivity index (χ0v) is 14.1. The van der Waals surface area contributed by atoms with Gasteiger partial charge in [-0.2, -0.15) is 4.31 Å². The molecule has 0 bridgehead atoms. The first-order valence-electron chi connectivity index (χ1n) is 6.79. The van der Waals surface area contributed by atoms with Crippen molar-refractivity contribution in [2.75, 3.05) is 7.05 Å². The molecule has 0 aliphatic carbocycles. The molecule has 0 saturated heterocycles. The molecule has 1 unspecified atom stereocenters. The summed E-state index contributed by atoms with van der Waals surface area (Å²) < 4.78 is 26.8. The van der Waals surface area contributed by atoms with Gasteiger partial charge in [0.2, 0.25) is 10.0 Å². The Hall–Kier alpha value is -0.910. The van der Waals surface area contributed by atoms with Gasteiger partial charge in [-0.1, -0.05) is 26.8 Å². The number of nitrogens with zero attached hydrogens (tertiary/aromatic N) is 1. The second kappa shape index (κ2) is 5.84. The Balaban J connectivity index is 3.20. The summed E-state index contributed by atoms with van der Waals surface area (Å²) in [4.78, 5) is 0.325. The summed E-state index contributed by atoms with van der Waals surface area (Å²) in [7, 11) is -1.84. The van der Waals surface area contributed by atoms with E-state index in [-0.39, 0.29) is 11.5 Å². The standard InChI is InChI=1S/C15H26N2O2S/c1-11-9-14(8-7-13(11)10-16)20(18,19)17(6)12(2)15(3,4)5/h7-9,12H,10,16H2,1-6H3. The Morgan fingerprint density at radius 1 is 1.30 bits per heavy atom. The van der Waals surface area contributed by atoms with Crippen LogP contribution in [0.3, 0.4) is 0 Å². The molecule has 0 fully saturated rings. The van der Waals surface area contributed by atoms with Crippen molar-refractivity contribution >= 4 is 10.0 Å². The monoisotopic (exact) mass is 298 g/mol. The minimum Gasteiger partial charge on any atom is -0.326 e. The highest BCUT2D eigenvalue weighted by Gasteiger charge is 2.32. The Bertz CT molecular complexity index is 574. The Morgan fingerprint density at radius 2 is 1.85 bits per heavy atom. The van der Waals surface area contributed by atoms with Crippen LogP contribution in [0.5, 0.6) is 0 Å². The molecule has 1 aromatic rings. The number of nitrogens with two attached hydrogens (primary N) is 1. The average Bonchev–Trinajstić information content (AvgIpc) is 2.35. The van der Waals surface area contributed by atoms with Gasteiger partial charge >= 0.3 is 0 Å². The van der Waals surface area contributed by atoms with E-state index in [0.29, 0.717) is 11.4 Å². The molecule has 20 heavy (non-hydrogen) atoms. The van der Waals surface area contributed by atoms with Gasteiger partial charge in [0, 0.05) is 19.6 Å². The van der Waals surface area contributed by atoms with Crippen molar-refractivity contribution in [3.63, 3.8) is 0 Å². The van der Waals surface area contributed by atoms with Crippen LogP contribution in [0.25, 0.3) is 0 Å². The number of benzene rings is 1. The number of rotatable bonds is 4. The summed E-state index contributed by atoms with van der Waals surface area (Å²) in [6, 6.07) is 5.03. The van der Waals surface area contributed by atoms with Crippen molar-refractivity contribution in [1.29, 1.82) is 0 Å². The van der Waals surface area contributed by atoms with Gasteiger partial charge in [-0.25, -0.2) is 8.42 Å². The summed E-state index contributed by atoms with van der Waals surface area (Å²) in [6.07, 6.45) is 0. The van der Waals surface area contributed by atoms with Crippen LogP contribution in [0.1, 0.15) is 38.8 Å². The van der Waals surface area contributed by atoms with Crippen LogP contribution in [0.15, 0.2) is 23.1 Å². The van der Waals surface area contributed by atoms with E-state index in [2.05, 4.69) is 0 Å². The Morgan fingerprint density at radius 3 is 2.25 bits per heavy atom. The van der Waals surface area contributed by atoms with Gasteiger partial charge < -0.3 is 5.73 Å². The van der Waals surface area contributed by atoms with Crippen LogP contribution >= 0.6 is 0 Å². The minimum atomic E-state index is -3.48. The fourth-order valence-corrected chi connectivity index (χ4v) is 3.61. The van der Waals surface area contributed by atoms with E-state index in [0.717, 1.165) is 11.1 Å². The molecule has 0 aliphatic heterocycles. The number of hydrogen-bond acceptors (Lipinski definition) is 3. The smallest absolute Gasteiger partial charge is 0.243 e. The highest BCUT2D eigenvalue weighted by atomic mass is 32.2. The third kappa shape index (κ3) is 3.40. The summed E-state index contributed by atoms with van der Waals surface area (Å²) in [5, 5.41) is 0. The van der Waals surface area contributed by atoms with Crippen molar-refractivity contribution in [2.45, 2.75) is 52.1 Å². The van der Waals surface area contributed by atoms with Crippen molar-refractivity contribution in [3.8, 4) is 0 Å². The second-order valence-electron chi connectivity index (χ2n) is 6.36. The second-order valence-corrected chi connectivity index (χ2v) is 8.35. The highest BCUT2D eigenvalue weighted by Crippen LogP contribution is 2.28. The van der Waals surface area contributed by atoms with Crippen molar-refractivity contribution in [1.82, 2.24) is 4.31 Å². The molecule has 1 rings (SSSR count). The maximum Gasteiger partial charge on any atom is 0.243 e. The quantitative estimate of drug-likeness (QED) is 0.929. The summed E-state index contributed by atoms with van der Waals surface area (Å²) in [5.41, 5.74) is 7.37. The topological polar surface area (TPSA) is 63.4 Å². The molecule has 114 valence electrons. The third-order valence-electron chi connectivity index (χ3n) is 4.01. The van der Waals surface area contributed by atoms with E-state index in [9.17, 15) is 8.42 Å². The molecule has 0 heterocycles. The van der Waals surface area contributed by atoms with E-state index < -0.39 is 10.0 Å². The lowest BCUT2D eigenvalue weighted by Crippen LogP contribution is -2.42. The fourth-order valence-electron chi connectivity index (χ4n) is 1.98. The predicted octanol–water partition coefficient (Wildman–Crippen LogP) is 2.51. The van der Waals surface area contributed by atoms with Crippen molar-refractivity contribution < 1.29 is 8.42 Å². The maximum absolute atomic E-state index is 12.7. The van der Waals surface area contributed by atoms with Gasteiger partial charge in [0.15, 0.2) is 0 Å². The molecule has 0 aromatic heterocycles. The molecule has 0 radical (unpaired) electrons. The molecule has 5 heteroatoms. The van der Waals surface area contributed by atoms with E-state index in [1.165, 1.54) is 4.31 Å². The Labute approximate surface area is 123 Å². The number of aryl methyl sites for hydroxylation is 1. The molecular formula is C15H26N2O2S. The summed E-state index contributed by atoms with van der Waals surface area (Å²) in [6.45, 7) is 10.3. The van der Waals surface area contributed by atoms with Crippen LogP contribution in [0, 0.1) is 12.3 Å². The molecule has 0 saturated carbocycles. The largest absolute Gasteiger partial charge is 0.326 e. The van der Waals surface area contributed by atoms with Crippen LogP contribution in [-0.2, 0) is 16.6 Å². The SMILES string of the molecule is Cc1cc(S(=O)(=O)N(C)C(C)C(C)(C)C)ccc1CN. The van der Waals surface area contributed by atoms with Gasteiger partial charge in [-0.15, -0.1) is 0 Å². The van der Waals surface area contributed by atoms with E-state index >= 15 is 0 Å². The lowest BCUT2D eigenvalue weighted by Gasteiger charge is -2.34. The van der Waals surface area contributed by atoms with Gasteiger partial charge in [-0.05, 0) is 42.5 Å². The van der Waals surface area contributed by atoms with Crippen molar-refractivity contribution in [3.05, 3.63) is 29.3 Å². The molecule has 1 aromatic carbocycles. The molecule has 4 nitrogen and oxygen atoms in total. The van der Waals surface area contributed by atoms with Crippen LogP contribution in [-0.4, -0.2) is 25.8 Å². The third-order valence-corrected chi connectivity index (χ3v) is 5.93. The minimum absolute atomic E-state index is 0.0954. The van der Waals surface area contributed by atoms with Gasteiger partial charge in [0.25, 0.3) is 0 Å². The van der Waals surface area contributed by atoms with Crippen molar-refractivity contribution in [2.24, 2.45) is 11.1 Å². The zero-order valence-electron chi connectivity index (χ0n) is 13.3. The number of hydrogen-bond donors (Lipinski definition) is 1. The first kappa shape index (κ1) is 17.1. The first-order chi connectivity index (χ1) is 9.01. The molecule has 0 amide bonds. The fraction of sp³-hybridized carbons (Fsp3) is 0.600. The van der Waals surface area contributed by atoms with Gasteiger partial charge in [0.1, 0.15) is 0 Å². The average molecular weight is 298 g/mol. The lowest BCUT2D eigenvalue weighted by atomic mass is 9.88. The molecule has 2 N–H and O–H groups in total. The molecule has 0 spiro atoms. The molecule has 0 aliphatic rings. The zero-order chi connectivity index (χ0) is 15.7. The highest BCUT2D eigenvalue weighted by molar-refractivity contribution is 7.89. The van der Waals surface area contributed by atoms with Crippen LogP contribution in [0.4, 0.5) is 0 Å². The van der Waals surface area contributed by atoms with E-state index in [1.807, 2.05) is 34.6 Å². The van der Waals surface area contributed by atoms with E-state index in [1.54, 1.807) is 25.2 Å². The van der Waals surface area contributed by atoms with Crippen LogP contribution < -0.4 is 5.73 Å². The lowest BCUT2D eigenvalue weighted by molar-refractivity contribution is 0.216. The maximum atomic E-state index is 12.7. The first-order valence-corrected chi connectivity index (χ1v) is 8.23. The normalized spacial score (nSPS) is 14.6. The van der Waals surface area contributed by atoms with E-state index in [4.69, 9.17) is 5.73 Å². The Kier molecular flexibility index (Phi) is 5.00. The van der Waals surface area contributed by atoms with Gasteiger partial charge in [-0.3, -0.25) is 0 Å². The molecular weight excluding hydrogens is 272 g/mol.